The number of carbonyl (C=O) groups excluding carboxylic acids is 1. The molecule has 4 heteroatoms. The summed E-state index contributed by atoms with van der Waals surface area (Å²) in [4.78, 5) is 12.1. The van der Waals surface area contributed by atoms with Crippen LogP contribution in [0.3, 0.4) is 0 Å². The van der Waals surface area contributed by atoms with E-state index >= 15 is 0 Å². The third-order valence-electron chi connectivity index (χ3n) is 3.98. The first kappa shape index (κ1) is 16.5. The summed E-state index contributed by atoms with van der Waals surface area (Å²) in [6.07, 6.45) is 1.59. The zero-order valence-corrected chi connectivity index (χ0v) is 13.1. The van der Waals surface area contributed by atoms with Gasteiger partial charge in [-0.2, -0.15) is 0 Å². The van der Waals surface area contributed by atoms with Crippen molar-refractivity contribution in [2.24, 2.45) is 5.73 Å². The van der Waals surface area contributed by atoms with E-state index in [2.05, 4.69) is 17.4 Å². The quantitative estimate of drug-likeness (QED) is 0.891. The Morgan fingerprint density at radius 2 is 1.68 bits per heavy atom. The van der Waals surface area contributed by atoms with Crippen molar-refractivity contribution in [3.05, 3.63) is 71.8 Å². The molecule has 2 aromatic carbocycles. The van der Waals surface area contributed by atoms with Gasteiger partial charge in [0.25, 0.3) is 0 Å². The number of hydrogen-bond donors (Lipinski definition) is 2. The lowest BCUT2D eigenvalue weighted by atomic mass is 10.1. The Morgan fingerprint density at radius 1 is 1.09 bits per heavy atom. The van der Waals surface area contributed by atoms with Gasteiger partial charge >= 0.3 is 0 Å². The number of benzene rings is 2. The first-order chi connectivity index (χ1) is 10.2. The predicted molar refractivity (Wildman–Crippen MR) is 91.1 cm³/mol. The van der Waals surface area contributed by atoms with E-state index < -0.39 is 6.04 Å². The summed E-state index contributed by atoms with van der Waals surface area (Å²) in [5.74, 6) is 0.390. The van der Waals surface area contributed by atoms with Crippen molar-refractivity contribution in [2.45, 2.75) is 30.8 Å². The highest BCUT2D eigenvalue weighted by Crippen LogP contribution is 2.40. The molecule has 3 rings (SSSR count). The van der Waals surface area contributed by atoms with Gasteiger partial charge < -0.3 is 11.1 Å². The summed E-state index contributed by atoms with van der Waals surface area (Å²) in [5, 5.41) is 3.06. The molecule has 0 bridgehead atoms. The Balaban J connectivity index is 0.00000176. The number of carbonyl (C=O) groups is 1. The Kier molecular flexibility index (Phi) is 5.58. The van der Waals surface area contributed by atoms with E-state index in [4.69, 9.17) is 5.73 Å². The summed E-state index contributed by atoms with van der Waals surface area (Å²) in [7, 11) is 0. The lowest BCUT2D eigenvalue weighted by Gasteiger charge is -2.12. The molecule has 2 unspecified atom stereocenters. The summed E-state index contributed by atoms with van der Waals surface area (Å²) < 4.78 is 0. The highest BCUT2D eigenvalue weighted by molar-refractivity contribution is 5.85. The molecule has 1 saturated carbocycles. The van der Waals surface area contributed by atoms with Gasteiger partial charge in [0.15, 0.2) is 0 Å². The fourth-order valence-corrected chi connectivity index (χ4v) is 2.67. The molecule has 1 aliphatic carbocycles. The van der Waals surface area contributed by atoms with Crippen LogP contribution >= 0.6 is 12.4 Å². The molecule has 0 aromatic heterocycles. The van der Waals surface area contributed by atoms with E-state index in [9.17, 15) is 4.79 Å². The fraction of sp³-hybridized carbons (Fsp3) is 0.278. The number of hydrogen-bond acceptors (Lipinski definition) is 2. The average Bonchev–Trinajstić information content (AvgIpc) is 3.28. The molecule has 0 saturated heterocycles. The average molecular weight is 317 g/mol. The lowest BCUT2D eigenvalue weighted by molar-refractivity contribution is -0.122. The van der Waals surface area contributed by atoms with Gasteiger partial charge in [0.05, 0.1) is 6.04 Å². The normalized spacial score (nSPS) is 20.6. The van der Waals surface area contributed by atoms with Crippen molar-refractivity contribution in [3.8, 4) is 0 Å². The SMILES string of the molecule is Cl.N[C@@H](Cc1ccccc1)C(=O)NC1CC1c1ccccc1. The van der Waals surface area contributed by atoms with E-state index in [1.807, 2.05) is 48.5 Å². The van der Waals surface area contributed by atoms with Gasteiger partial charge in [-0.05, 0) is 24.0 Å². The third-order valence-corrected chi connectivity index (χ3v) is 3.98. The molecule has 0 spiro atoms. The standard InChI is InChI=1S/C18H20N2O.ClH/c19-16(11-13-7-3-1-4-8-13)18(21)20-17-12-15(17)14-9-5-2-6-10-14;/h1-10,15-17H,11-12,19H2,(H,20,21);1H/t15?,16-,17?;/m0./s1. The van der Waals surface area contributed by atoms with Crippen LogP contribution in [0.25, 0.3) is 0 Å². The largest absolute Gasteiger partial charge is 0.351 e. The molecular weight excluding hydrogens is 296 g/mol. The van der Waals surface area contributed by atoms with E-state index in [1.165, 1.54) is 5.56 Å². The van der Waals surface area contributed by atoms with E-state index in [1.54, 1.807) is 0 Å². The molecule has 116 valence electrons. The Labute approximate surface area is 137 Å². The number of amides is 1. The molecule has 3 nitrogen and oxygen atoms in total. The minimum atomic E-state index is -0.482. The summed E-state index contributed by atoms with van der Waals surface area (Å²) >= 11 is 0. The van der Waals surface area contributed by atoms with Crippen LogP contribution in [-0.2, 0) is 11.2 Å². The van der Waals surface area contributed by atoms with E-state index in [0.29, 0.717) is 12.3 Å². The van der Waals surface area contributed by atoms with Crippen molar-refractivity contribution < 1.29 is 4.79 Å². The molecule has 1 aliphatic rings. The van der Waals surface area contributed by atoms with Crippen LogP contribution in [0.15, 0.2) is 60.7 Å². The van der Waals surface area contributed by atoms with Crippen LogP contribution in [0.1, 0.15) is 23.5 Å². The molecule has 0 radical (unpaired) electrons. The number of nitrogens with one attached hydrogen (secondary N) is 1. The van der Waals surface area contributed by atoms with Gasteiger partial charge in [0.2, 0.25) is 5.91 Å². The van der Waals surface area contributed by atoms with Crippen LogP contribution in [0, 0.1) is 0 Å². The third kappa shape index (κ3) is 4.09. The molecule has 1 fully saturated rings. The highest BCUT2D eigenvalue weighted by Gasteiger charge is 2.39. The molecule has 3 atom stereocenters. The monoisotopic (exact) mass is 316 g/mol. The summed E-state index contributed by atoms with van der Waals surface area (Å²) in [5.41, 5.74) is 8.38. The van der Waals surface area contributed by atoms with Crippen molar-refractivity contribution in [1.29, 1.82) is 0 Å². The smallest absolute Gasteiger partial charge is 0.237 e. The van der Waals surface area contributed by atoms with Crippen molar-refractivity contribution >= 4 is 18.3 Å². The first-order valence-electron chi connectivity index (χ1n) is 7.39. The van der Waals surface area contributed by atoms with Crippen LogP contribution in [0.4, 0.5) is 0 Å². The lowest BCUT2D eigenvalue weighted by Crippen LogP contribution is -2.43. The number of halogens is 1. The number of nitrogens with two attached hydrogens (primary N) is 1. The minimum absolute atomic E-state index is 0. The van der Waals surface area contributed by atoms with Gasteiger partial charge in [0.1, 0.15) is 0 Å². The van der Waals surface area contributed by atoms with Gasteiger partial charge in [-0.1, -0.05) is 60.7 Å². The van der Waals surface area contributed by atoms with Crippen LogP contribution in [0.2, 0.25) is 0 Å². The molecule has 0 aliphatic heterocycles. The molecule has 2 aromatic rings. The van der Waals surface area contributed by atoms with Crippen molar-refractivity contribution in [2.75, 3.05) is 0 Å². The number of rotatable bonds is 5. The second-order valence-electron chi connectivity index (χ2n) is 5.66. The fourth-order valence-electron chi connectivity index (χ4n) is 2.67. The Morgan fingerprint density at radius 3 is 2.32 bits per heavy atom. The minimum Gasteiger partial charge on any atom is -0.351 e. The van der Waals surface area contributed by atoms with E-state index in [-0.39, 0.29) is 24.4 Å². The van der Waals surface area contributed by atoms with Gasteiger partial charge in [0, 0.05) is 12.0 Å². The Bertz CT molecular complexity index is 603. The molecule has 3 N–H and O–H groups in total. The maximum Gasteiger partial charge on any atom is 0.237 e. The summed E-state index contributed by atoms with van der Waals surface area (Å²) in [6, 6.07) is 19.9. The van der Waals surface area contributed by atoms with Gasteiger partial charge in [-0.25, -0.2) is 0 Å². The molecule has 22 heavy (non-hydrogen) atoms. The molecular formula is C18H21ClN2O. The first-order valence-corrected chi connectivity index (χ1v) is 7.39. The topological polar surface area (TPSA) is 55.1 Å². The van der Waals surface area contributed by atoms with E-state index in [0.717, 1.165) is 12.0 Å². The highest BCUT2D eigenvalue weighted by atomic mass is 35.5. The van der Waals surface area contributed by atoms with Crippen LogP contribution < -0.4 is 11.1 Å². The summed E-state index contributed by atoms with van der Waals surface area (Å²) in [6.45, 7) is 0. The molecule has 1 amide bonds. The molecule has 0 heterocycles. The van der Waals surface area contributed by atoms with Crippen LogP contribution in [0.5, 0.6) is 0 Å². The second-order valence-corrected chi connectivity index (χ2v) is 5.66. The van der Waals surface area contributed by atoms with Crippen molar-refractivity contribution in [1.82, 2.24) is 5.32 Å². The zero-order valence-electron chi connectivity index (χ0n) is 12.3. The zero-order chi connectivity index (χ0) is 14.7. The maximum atomic E-state index is 12.1. The van der Waals surface area contributed by atoms with Crippen LogP contribution in [-0.4, -0.2) is 18.0 Å². The Hall–Kier alpha value is -1.84. The van der Waals surface area contributed by atoms with Gasteiger partial charge in [-0.3, -0.25) is 4.79 Å². The van der Waals surface area contributed by atoms with Crippen molar-refractivity contribution in [3.63, 3.8) is 0 Å². The predicted octanol–water partition coefficient (Wildman–Crippen LogP) is 2.65. The second kappa shape index (κ2) is 7.43. The maximum absolute atomic E-state index is 12.1. The van der Waals surface area contributed by atoms with Gasteiger partial charge in [-0.15, -0.1) is 12.4 Å².